The number of benzene rings is 1. The van der Waals surface area contributed by atoms with Crippen molar-refractivity contribution in [2.75, 3.05) is 5.73 Å². The first-order valence-corrected chi connectivity index (χ1v) is 7.23. The summed E-state index contributed by atoms with van der Waals surface area (Å²) < 4.78 is 5.28. The summed E-state index contributed by atoms with van der Waals surface area (Å²) in [6.45, 7) is 4.21. The Hall–Kier alpha value is -2.14. The summed E-state index contributed by atoms with van der Waals surface area (Å²) in [5.74, 6) is 1.16. The Morgan fingerprint density at radius 1 is 1.20 bits per heavy atom. The monoisotopic (exact) mass is 285 g/mol. The Morgan fingerprint density at radius 3 is 2.75 bits per heavy atom. The van der Waals surface area contributed by atoms with E-state index in [2.05, 4.69) is 42.2 Å². The summed E-state index contributed by atoms with van der Waals surface area (Å²) >= 11 is 1.47. The van der Waals surface area contributed by atoms with Gasteiger partial charge in [0.1, 0.15) is 0 Å². The third-order valence-corrected chi connectivity index (χ3v) is 4.07. The van der Waals surface area contributed by atoms with Crippen LogP contribution in [0.5, 0.6) is 0 Å². The van der Waals surface area contributed by atoms with Crippen LogP contribution in [-0.4, -0.2) is 10.1 Å². The lowest BCUT2D eigenvalue weighted by atomic mass is 10.0. The topological polar surface area (TPSA) is 64.9 Å². The second kappa shape index (κ2) is 5.09. The molecule has 0 radical (unpaired) electrons. The molecule has 0 saturated carbocycles. The van der Waals surface area contributed by atoms with Crippen LogP contribution in [-0.2, 0) is 6.42 Å². The molecule has 0 amide bonds. The first-order chi connectivity index (χ1) is 9.63. The number of nitrogens with zero attached hydrogens (tertiary/aromatic N) is 2. The highest BCUT2D eigenvalue weighted by Gasteiger charge is 2.13. The van der Waals surface area contributed by atoms with E-state index < -0.39 is 0 Å². The largest absolute Gasteiger partial charge is 0.390 e. The maximum absolute atomic E-state index is 5.86. The molecule has 0 aliphatic carbocycles. The van der Waals surface area contributed by atoms with E-state index in [-0.39, 0.29) is 0 Å². The Balaban J connectivity index is 1.84. The second-order valence-corrected chi connectivity index (χ2v) is 5.76. The number of nitrogens with two attached hydrogens (primary N) is 1. The second-order valence-electron chi connectivity index (χ2n) is 4.81. The molecule has 0 aliphatic heterocycles. The lowest BCUT2D eigenvalue weighted by molar-refractivity contribution is 0.424. The normalized spacial score (nSPS) is 10.9. The summed E-state index contributed by atoms with van der Waals surface area (Å²) in [4.78, 5) is 4.41. The van der Waals surface area contributed by atoms with Gasteiger partial charge in [-0.05, 0) is 42.0 Å². The van der Waals surface area contributed by atoms with Gasteiger partial charge in [0.25, 0.3) is 5.89 Å². The van der Waals surface area contributed by atoms with E-state index in [1.165, 1.54) is 28.0 Å². The minimum Gasteiger partial charge on any atom is -0.390 e. The molecule has 2 N–H and O–H groups in total. The lowest BCUT2D eigenvalue weighted by Gasteiger charge is -2.02. The summed E-state index contributed by atoms with van der Waals surface area (Å²) in [6.07, 6.45) is 0.661. The number of aromatic nitrogens is 2. The first-order valence-electron chi connectivity index (χ1n) is 6.35. The van der Waals surface area contributed by atoms with Gasteiger partial charge < -0.3 is 10.3 Å². The molecule has 5 heteroatoms. The average Bonchev–Trinajstić information content (AvgIpc) is 3.03. The molecule has 0 fully saturated rings. The zero-order valence-electron chi connectivity index (χ0n) is 11.4. The van der Waals surface area contributed by atoms with Gasteiger partial charge in [0.05, 0.1) is 10.6 Å². The van der Waals surface area contributed by atoms with Crippen molar-refractivity contribution in [3.8, 4) is 11.5 Å². The third kappa shape index (κ3) is 2.44. The summed E-state index contributed by atoms with van der Waals surface area (Å²) in [5, 5.41) is 6.64. The van der Waals surface area contributed by atoms with Crippen LogP contribution in [0.3, 0.4) is 0 Å². The number of hydrogen-bond acceptors (Lipinski definition) is 5. The van der Waals surface area contributed by atoms with Crippen molar-refractivity contribution in [2.45, 2.75) is 20.3 Å². The molecule has 2 aromatic heterocycles. The van der Waals surface area contributed by atoms with E-state index in [1.54, 1.807) is 0 Å². The van der Waals surface area contributed by atoms with Crippen LogP contribution >= 0.6 is 11.3 Å². The molecule has 3 rings (SSSR count). The van der Waals surface area contributed by atoms with Crippen molar-refractivity contribution in [2.24, 2.45) is 0 Å². The molecular weight excluding hydrogens is 270 g/mol. The number of rotatable bonds is 3. The van der Waals surface area contributed by atoms with Gasteiger partial charge in [-0.2, -0.15) is 4.98 Å². The van der Waals surface area contributed by atoms with Crippen molar-refractivity contribution in [1.82, 2.24) is 10.1 Å². The Labute approximate surface area is 121 Å². The highest BCUT2D eigenvalue weighted by molar-refractivity contribution is 7.14. The molecule has 0 saturated heterocycles. The van der Waals surface area contributed by atoms with Crippen LogP contribution in [0.4, 0.5) is 5.00 Å². The Kier molecular flexibility index (Phi) is 3.28. The molecule has 4 nitrogen and oxygen atoms in total. The fraction of sp³-hybridized carbons (Fsp3) is 0.200. The number of aryl methyl sites for hydroxylation is 2. The smallest absolute Gasteiger partial charge is 0.260 e. The van der Waals surface area contributed by atoms with Crippen LogP contribution in [0.2, 0.25) is 0 Å². The molecule has 0 unspecified atom stereocenters. The Bertz CT molecular complexity index is 745. The average molecular weight is 285 g/mol. The predicted octanol–water partition coefficient (Wildman–Crippen LogP) is 3.59. The molecule has 20 heavy (non-hydrogen) atoms. The zero-order chi connectivity index (χ0) is 14.1. The first kappa shape index (κ1) is 12.9. The summed E-state index contributed by atoms with van der Waals surface area (Å²) in [6, 6.07) is 8.26. The van der Waals surface area contributed by atoms with E-state index >= 15 is 0 Å². The van der Waals surface area contributed by atoms with Crippen molar-refractivity contribution >= 4 is 16.3 Å². The molecule has 2 heterocycles. The summed E-state index contributed by atoms with van der Waals surface area (Å²) in [7, 11) is 0. The van der Waals surface area contributed by atoms with Crippen LogP contribution in [0.1, 0.15) is 22.5 Å². The van der Waals surface area contributed by atoms with Gasteiger partial charge in [0.2, 0.25) is 0 Å². The maximum atomic E-state index is 5.86. The van der Waals surface area contributed by atoms with Crippen molar-refractivity contribution in [1.29, 1.82) is 0 Å². The molecule has 1 aromatic carbocycles. The van der Waals surface area contributed by atoms with E-state index in [9.17, 15) is 0 Å². The van der Waals surface area contributed by atoms with E-state index in [0.717, 1.165) is 5.56 Å². The minimum atomic E-state index is 0.489. The maximum Gasteiger partial charge on any atom is 0.260 e. The minimum absolute atomic E-state index is 0.489. The third-order valence-electron chi connectivity index (χ3n) is 3.33. The van der Waals surface area contributed by atoms with E-state index in [1.807, 2.05) is 11.4 Å². The fourth-order valence-electron chi connectivity index (χ4n) is 2.03. The number of hydrogen-bond donors (Lipinski definition) is 1. The standard InChI is InChI=1S/C15H15N3OS/c1-9-3-4-11(7-10(9)2)8-13-17-15(19-18-13)12-5-6-20-14(12)16/h3-7H,8,16H2,1-2H3. The summed E-state index contributed by atoms with van der Waals surface area (Å²) in [5.41, 5.74) is 10.4. The van der Waals surface area contributed by atoms with Gasteiger partial charge in [0, 0.05) is 6.42 Å². The van der Waals surface area contributed by atoms with Gasteiger partial charge in [-0.25, -0.2) is 0 Å². The van der Waals surface area contributed by atoms with Crippen molar-refractivity contribution in [3.05, 3.63) is 52.2 Å². The van der Waals surface area contributed by atoms with Crippen molar-refractivity contribution in [3.63, 3.8) is 0 Å². The fourth-order valence-corrected chi connectivity index (χ4v) is 2.66. The van der Waals surface area contributed by atoms with Gasteiger partial charge in [-0.1, -0.05) is 23.4 Å². The molecular formula is C15H15N3OS. The lowest BCUT2D eigenvalue weighted by Crippen LogP contribution is -1.93. The van der Waals surface area contributed by atoms with Crippen LogP contribution in [0.25, 0.3) is 11.5 Å². The highest BCUT2D eigenvalue weighted by Crippen LogP contribution is 2.29. The number of thiophene rings is 1. The molecule has 0 spiro atoms. The number of anilines is 1. The van der Waals surface area contributed by atoms with Crippen LogP contribution in [0, 0.1) is 13.8 Å². The van der Waals surface area contributed by atoms with E-state index in [4.69, 9.17) is 10.3 Å². The van der Waals surface area contributed by atoms with Gasteiger partial charge >= 0.3 is 0 Å². The molecule has 0 aliphatic rings. The van der Waals surface area contributed by atoms with Gasteiger partial charge in [0.15, 0.2) is 5.82 Å². The quantitative estimate of drug-likeness (QED) is 0.798. The Morgan fingerprint density at radius 2 is 2.05 bits per heavy atom. The predicted molar refractivity (Wildman–Crippen MR) is 80.7 cm³/mol. The van der Waals surface area contributed by atoms with Crippen LogP contribution in [0.15, 0.2) is 34.2 Å². The van der Waals surface area contributed by atoms with Gasteiger partial charge in [-0.3, -0.25) is 0 Å². The SMILES string of the molecule is Cc1ccc(Cc2noc(-c3ccsc3N)n2)cc1C. The zero-order valence-corrected chi connectivity index (χ0v) is 12.2. The highest BCUT2D eigenvalue weighted by atomic mass is 32.1. The van der Waals surface area contributed by atoms with E-state index in [0.29, 0.717) is 23.1 Å². The van der Waals surface area contributed by atoms with Crippen LogP contribution < -0.4 is 5.73 Å². The van der Waals surface area contributed by atoms with Gasteiger partial charge in [-0.15, -0.1) is 11.3 Å². The number of nitrogen functional groups attached to an aromatic ring is 1. The molecule has 102 valence electrons. The molecule has 3 aromatic rings. The van der Waals surface area contributed by atoms with Crippen molar-refractivity contribution < 1.29 is 4.52 Å². The molecule has 0 bridgehead atoms. The molecule has 0 atom stereocenters.